The van der Waals surface area contributed by atoms with E-state index in [0.717, 1.165) is 37.4 Å². The fourth-order valence-corrected chi connectivity index (χ4v) is 3.07. The molecule has 1 aromatic carbocycles. The van der Waals surface area contributed by atoms with Crippen molar-refractivity contribution in [2.75, 3.05) is 26.7 Å². The second-order valence-electron chi connectivity index (χ2n) is 5.64. The molecule has 1 saturated heterocycles. The molecule has 2 heterocycles. The summed E-state index contributed by atoms with van der Waals surface area (Å²) in [6.45, 7) is 3.10. The average Bonchev–Trinajstić information content (AvgIpc) is 2.81. The number of nitrogens with one attached hydrogen (secondary N) is 1. The van der Waals surface area contributed by atoms with Crippen molar-refractivity contribution in [3.05, 3.63) is 29.6 Å². The third-order valence-electron chi connectivity index (χ3n) is 4.15. The highest BCUT2D eigenvalue weighted by atomic mass is 19.1. The zero-order valence-electron chi connectivity index (χ0n) is 11.4. The molecule has 0 bridgehead atoms. The van der Waals surface area contributed by atoms with Crippen molar-refractivity contribution in [3.8, 4) is 5.75 Å². The minimum atomic E-state index is -0.173. The number of hydrogen-bond donors (Lipinski definition) is 1. The molecular weight excluding hydrogens is 243 g/mol. The first-order chi connectivity index (χ1) is 9.22. The Hall–Kier alpha value is -1.13. The molecule has 3 nitrogen and oxygen atoms in total. The van der Waals surface area contributed by atoms with Crippen LogP contribution in [0.5, 0.6) is 5.75 Å². The number of fused-ring (bicyclic) bond motifs is 1. The van der Waals surface area contributed by atoms with Crippen LogP contribution >= 0.6 is 0 Å². The second kappa shape index (κ2) is 5.47. The Kier molecular flexibility index (Phi) is 3.71. The van der Waals surface area contributed by atoms with Crippen LogP contribution in [-0.4, -0.2) is 43.7 Å². The molecule has 104 valence electrons. The van der Waals surface area contributed by atoms with Gasteiger partial charge in [-0.2, -0.15) is 0 Å². The van der Waals surface area contributed by atoms with Crippen molar-refractivity contribution in [1.82, 2.24) is 10.2 Å². The van der Waals surface area contributed by atoms with Gasteiger partial charge in [-0.1, -0.05) is 0 Å². The zero-order chi connectivity index (χ0) is 13.2. The van der Waals surface area contributed by atoms with Gasteiger partial charge in [0.25, 0.3) is 0 Å². The van der Waals surface area contributed by atoms with Crippen LogP contribution in [-0.2, 0) is 6.42 Å². The number of likely N-dealkylation sites (N-methyl/N-ethyl adjacent to an activating group) is 1. The third kappa shape index (κ3) is 2.90. The van der Waals surface area contributed by atoms with Crippen molar-refractivity contribution in [2.45, 2.75) is 31.4 Å². The summed E-state index contributed by atoms with van der Waals surface area (Å²) in [4.78, 5) is 2.37. The van der Waals surface area contributed by atoms with E-state index in [4.69, 9.17) is 4.74 Å². The van der Waals surface area contributed by atoms with Crippen molar-refractivity contribution >= 4 is 0 Å². The number of rotatable bonds is 3. The smallest absolute Gasteiger partial charge is 0.123 e. The van der Waals surface area contributed by atoms with Gasteiger partial charge in [0.05, 0.1) is 0 Å². The maximum absolute atomic E-state index is 13.2. The predicted molar refractivity (Wildman–Crippen MR) is 73.0 cm³/mol. The molecule has 0 amide bonds. The van der Waals surface area contributed by atoms with E-state index in [9.17, 15) is 4.39 Å². The molecule has 1 fully saturated rings. The highest BCUT2D eigenvalue weighted by Gasteiger charge is 2.27. The topological polar surface area (TPSA) is 24.5 Å². The summed E-state index contributed by atoms with van der Waals surface area (Å²) in [5.74, 6) is 0.675. The zero-order valence-corrected chi connectivity index (χ0v) is 11.4. The van der Waals surface area contributed by atoms with Gasteiger partial charge in [-0.25, -0.2) is 4.39 Å². The van der Waals surface area contributed by atoms with Gasteiger partial charge in [0, 0.05) is 31.1 Å². The van der Waals surface area contributed by atoms with Crippen LogP contribution < -0.4 is 10.1 Å². The summed E-state index contributed by atoms with van der Waals surface area (Å²) in [6, 6.07) is 5.40. The highest BCUT2D eigenvalue weighted by Crippen LogP contribution is 2.29. The Bertz CT molecular complexity index is 446. The van der Waals surface area contributed by atoms with Gasteiger partial charge in [0.2, 0.25) is 0 Å². The summed E-state index contributed by atoms with van der Waals surface area (Å²) in [5, 5.41) is 3.43. The molecule has 2 aliphatic rings. The standard InChI is InChI=1S/C15H21FN2O/c1-18(13-3-2-6-17-9-13)10-14-8-11-7-12(16)4-5-15(11)19-14/h4-5,7,13-14,17H,2-3,6,8-10H2,1H3. The van der Waals surface area contributed by atoms with Crippen LogP contribution in [0.4, 0.5) is 4.39 Å². The molecule has 0 radical (unpaired) electrons. The number of hydrogen-bond acceptors (Lipinski definition) is 3. The van der Waals surface area contributed by atoms with Gasteiger partial charge in [-0.05, 0) is 44.6 Å². The molecule has 19 heavy (non-hydrogen) atoms. The van der Waals surface area contributed by atoms with E-state index in [1.807, 2.05) is 0 Å². The molecule has 0 saturated carbocycles. The fraction of sp³-hybridized carbons (Fsp3) is 0.600. The quantitative estimate of drug-likeness (QED) is 0.901. The van der Waals surface area contributed by atoms with Crippen LogP contribution in [0.2, 0.25) is 0 Å². The van der Waals surface area contributed by atoms with E-state index in [1.54, 1.807) is 12.1 Å². The van der Waals surface area contributed by atoms with E-state index in [-0.39, 0.29) is 11.9 Å². The van der Waals surface area contributed by atoms with E-state index < -0.39 is 0 Å². The molecule has 0 aromatic heterocycles. The minimum absolute atomic E-state index is 0.156. The Morgan fingerprint density at radius 3 is 3.16 bits per heavy atom. The normalized spacial score (nSPS) is 26.3. The lowest BCUT2D eigenvalue weighted by Crippen LogP contribution is -2.47. The molecule has 2 unspecified atom stereocenters. The summed E-state index contributed by atoms with van der Waals surface area (Å²) in [5.41, 5.74) is 1.00. The molecule has 0 aliphatic carbocycles. The summed E-state index contributed by atoms with van der Waals surface area (Å²) in [7, 11) is 2.16. The first-order valence-corrected chi connectivity index (χ1v) is 7.08. The Balaban J connectivity index is 1.57. The van der Waals surface area contributed by atoms with Crippen LogP contribution in [0.15, 0.2) is 18.2 Å². The average molecular weight is 264 g/mol. The molecule has 4 heteroatoms. The first kappa shape index (κ1) is 12.9. The van der Waals surface area contributed by atoms with Gasteiger partial charge in [-0.15, -0.1) is 0 Å². The lowest BCUT2D eigenvalue weighted by molar-refractivity contribution is 0.125. The largest absolute Gasteiger partial charge is 0.488 e. The molecule has 1 aromatic rings. The molecule has 2 aliphatic heterocycles. The van der Waals surface area contributed by atoms with E-state index in [2.05, 4.69) is 17.3 Å². The minimum Gasteiger partial charge on any atom is -0.488 e. The number of benzene rings is 1. The van der Waals surface area contributed by atoms with E-state index in [0.29, 0.717) is 6.04 Å². The third-order valence-corrected chi connectivity index (χ3v) is 4.15. The number of piperidine rings is 1. The van der Waals surface area contributed by atoms with Crippen LogP contribution in [0.25, 0.3) is 0 Å². The molecule has 1 N–H and O–H groups in total. The maximum atomic E-state index is 13.2. The lowest BCUT2D eigenvalue weighted by atomic mass is 10.0. The summed E-state index contributed by atoms with van der Waals surface area (Å²) in [6.07, 6.45) is 3.46. The van der Waals surface area contributed by atoms with E-state index in [1.165, 1.54) is 18.9 Å². The lowest BCUT2D eigenvalue weighted by Gasteiger charge is -2.33. The second-order valence-corrected chi connectivity index (χ2v) is 5.64. The summed E-state index contributed by atoms with van der Waals surface area (Å²) >= 11 is 0. The van der Waals surface area contributed by atoms with E-state index >= 15 is 0 Å². The predicted octanol–water partition coefficient (Wildman–Crippen LogP) is 1.81. The number of ether oxygens (including phenoxy) is 1. The van der Waals surface area contributed by atoms with Crippen LogP contribution in [0.3, 0.4) is 0 Å². The Labute approximate surface area is 113 Å². The van der Waals surface area contributed by atoms with Gasteiger partial charge in [-0.3, -0.25) is 4.90 Å². The number of nitrogens with zero attached hydrogens (tertiary/aromatic N) is 1. The summed E-state index contributed by atoms with van der Waals surface area (Å²) < 4.78 is 19.1. The maximum Gasteiger partial charge on any atom is 0.123 e. The monoisotopic (exact) mass is 264 g/mol. The molecular formula is C15H21FN2O. The van der Waals surface area contributed by atoms with Crippen LogP contribution in [0.1, 0.15) is 18.4 Å². The van der Waals surface area contributed by atoms with Crippen molar-refractivity contribution in [1.29, 1.82) is 0 Å². The van der Waals surface area contributed by atoms with Crippen molar-refractivity contribution < 1.29 is 9.13 Å². The van der Waals surface area contributed by atoms with Gasteiger partial charge in [0.15, 0.2) is 0 Å². The van der Waals surface area contributed by atoms with Crippen molar-refractivity contribution in [2.24, 2.45) is 0 Å². The molecule has 3 rings (SSSR count). The molecule has 2 atom stereocenters. The fourth-order valence-electron chi connectivity index (χ4n) is 3.07. The van der Waals surface area contributed by atoms with Gasteiger partial charge < -0.3 is 10.1 Å². The molecule has 0 spiro atoms. The SMILES string of the molecule is CN(CC1Cc2cc(F)ccc2O1)C1CCCNC1. The Morgan fingerprint density at radius 1 is 1.47 bits per heavy atom. The van der Waals surface area contributed by atoms with Crippen molar-refractivity contribution in [3.63, 3.8) is 0 Å². The van der Waals surface area contributed by atoms with Gasteiger partial charge >= 0.3 is 0 Å². The number of halogens is 1. The Morgan fingerprint density at radius 2 is 2.37 bits per heavy atom. The first-order valence-electron chi connectivity index (χ1n) is 7.08. The van der Waals surface area contributed by atoms with Gasteiger partial charge in [0.1, 0.15) is 17.7 Å². The van der Waals surface area contributed by atoms with Crippen LogP contribution in [0, 0.1) is 5.82 Å². The highest BCUT2D eigenvalue weighted by molar-refractivity contribution is 5.37.